The lowest BCUT2D eigenvalue weighted by atomic mass is 10.1. The number of carbonyl (C=O) groups is 2. The first kappa shape index (κ1) is 13.4. The van der Waals surface area contributed by atoms with Crippen LogP contribution in [0.25, 0.3) is 0 Å². The minimum atomic E-state index is -0.644. The third kappa shape index (κ3) is 2.40. The largest absolute Gasteiger partial charge is 0.355 e. The standard InChI is InChI=1S/C13H12ClN3O2/c1-8(18)16-5-6-17-11(7-15)9-3-2-4-10(14)12(9)13(17)19/h2-4,11H,5-6H2,1H3,(H,16,18). The fourth-order valence-corrected chi connectivity index (χ4v) is 2.41. The van der Waals surface area contributed by atoms with Crippen LogP contribution < -0.4 is 5.32 Å². The number of carbonyl (C=O) groups excluding carboxylic acids is 2. The number of benzene rings is 1. The fourth-order valence-electron chi connectivity index (χ4n) is 2.15. The van der Waals surface area contributed by atoms with E-state index >= 15 is 0 Å². The number of amides is 2. The summed E-state index contributed by atoms with van der Waals surface area (Å²) in [6, 6.07) is 6.53. The molecule has 0 saturated heterocycles. The summed E-state index contributed by atoms with van der Waals surface area (Å²) >= 11 is 6.01. The van der Waals surface area contributed by atoms with E-state index < -0.39 is 6.04 Å². The lowest BCUT2D eigenvalue weighted by Crippen LogP contribution is -2.36. The van der Waals surface area contributed by atoms with E-state index in [9.17, 15) is 14.9 Å². The van der Waals surface area contributed by atoms with E-state index in [0.717, 1.165) is 0 Å². The first-order valence-electron chi connectivity index (χ1n) is 5.79. The average Bonchev–Trinajstić information content (AvgIpc) is 2.63. The molecule has 2 amide bonds. The zero-order chi connectivity index (χ0) is 14.0. The maximum absolute atomic E-state index is 12.2. The molecule has 1 aliphatic heterocycles. The van der Waals surface area contributed by atoms with Crippen LogP contribution in [-0.2, 0) is 4.79 Å². The molecule has 5 nitrogen and oxygen atoms in total. The van der Waals surface area contributed by atoms with Gasteiger partial charge < -0.3 is 10.2 Å². The van der Waals surface area contributed by atoms with Crippen molar-refractivity contribution in [2.75, 3.05) is 13.1 Å². The second-order valence-corrected chi connectivity index (χ2v) is 4.62. The van der Waals surface area contributed by atoms with Gasteiger partial charge in [0, 0.05) is 25.6 Å². The summed E-state index contributed by atoms with van der Waals surface area (Å²) < 4.78 is 0. The van der Waals surface area contributed by atoms with Crippen molar-refractivity contribution < 1.29 is 9.59 Å². The zero-order valence-corrected chi connectivity index (χ0v) is 11.1. The number of rotatable bonds is 3. The van der Waals surface area contributed by atoms with Gasteiger partial charge in [0.25, 0.3) is 5.91 Å². The van der Waals surface area contributed by atoms with Gasteiger partial charge >= 0.3 is 0 Å². The van der Waals surface area contributed by atoms with Gasteiger partial charge in [0.05, 0.1) is 16.7 Å². The first-order chi connectivity index (χ1) is 9.06. The highest BCUT2D eigenvalue weighted by Crippen LogP contribution is 2.36. The monoisotopic (exact) mass is 277 g/mol. The summed E-state index contributed by atoms with van der Waals surface area (Å²) in [7, 11) is 0. The quantitative estimate of drug-likeness (QED) is 0.910. The van der Waals surface area contributed by atoms with Gasteiger partial charge in [0.2, 0.25) is 5.91 Å². The minimum absolute atomic E-state index is 0.171. The summed E-state index contributed by atoms with van der Waals surface area (Å²) in [4.78, 5) is 24.5. The van der Waals surface area contributed by atoms with Crippen molar-refractivity contribution in [3.8, 4) is 6.07 Å². The molecule has 2 rings (SSSR count). The highest BCUT2D eigenvalue weighted by Gasteiger charge is 2.37. The third-order valence-corrected chi connectivity index (χ3v) is 3.29. The molecular weight excluding hydrogens is 266 g/mol. The van der Waals surface area contributed by atoms with Gasteiger partial charge in [-0.2, -0.15) is 5.26 Å². The van der Waals surface area contributed by atoms with Crippen LogP contribution in [0.1, 0.15) is 28.9 Å². The molecule has 1 heterocycles. The number of hydrogen-bond donors (Lipinski definition) is 1. The highest BCUT2D eigenvalue weighted by molar-refractivity contribution is 6.34. The molecule has 1 aliphatic rings. The van der Waals surface area contributed by atoms with Crippen LogP contribution in [-0.4, -0.2) is 29.8 Å². The van der Waals surface area contributed by atoms with E-state index in [-0.39, 0.29) is 18.4 Å². The third-order valence-electron chi connectivity index (χ3n) is 2.98. The van der Waals surface area contributed by atoms with Gasteiger partial charge in [-0.3, -0.25) is 9.59 Å². The molecular formula is C13H12ClN3O2. The van der Waals surface area contributed by atoms with Gasteiger partial charge in [0.15, 0.2) is 0 Å². The molecule has 1 N–H and O–H groups in total. The van der Waals surface area contributed by atoms with E-state index in [1.54, 1.807) is 18.2 Å². The number of nitrogens with one attached hydrogen (secondary N) is 1. The Kier molecular flexibility index (Phi) is 3.72. The van der Waals surface area contributed by atoms with Crippen LogP contribution in [0.4, 0.5) is 0 Å². The second kappa shape index (κ2) is 5.29. The Morgan fingerprint density at radius 1 is 1.58 bits per heavy atom. The number of fused-ring (bicyclic) bond motifs is 1. The molecule has 0 saturated carbocycles. The van der Waals surface area contributed by atoms with Crippen molar-refractivity contribution in [3.63, 3.8) is 0 Å². The number of nitriles is 1. The smallest absolute Gasteiger partial charge is 0.257 e. The summed E-state index contributed by atoms with van der Waals surface area (Å²) in [6.45, 7) is 1.99. The normalized spacial score (nSPS) is 17.0. The second-order valence-electron chi connectivity index (χ2n) is 4.22. The molecule has 1 aromatic rings. The predicted octanol–water partition coefficient (Wildman–Crippen LogP) is 1.50. The van der Waals surface area contributed by atoms with Gasteiger partial charge in [-0.1, -0.05) is 23.7 Å². The van der Waals surface area contributed by atoms with Crippen LogP contribution in [0, 0.1) is 11.3 Å². The molecule has 0 aliphatic carbocycles. The molecule has 1 aromatic carbocycles. The molecule has 0 aromatic heterocycles. The van der Waals surface area contributed by atoms with E-state index in [2.05, 4.69) is 11.4 Å². The number of hydrogen-bond acceptors (Lipinski definition) is 3. The summed E-state index contributed by atoms with van der Waals surface area (Å²) in [6.07, 6.45) is 0. The molecule has 19 heavy (non-hydrogen) atoms. The Balaban J connectivity index is 2.24. The zero-order valence-electron chi connectivity index (χ0n) is 10.3. The Hall–Kier alpha value is -2.06. The Morgan fingerprint density at radius 3 is 2.95 bits per heavy atom. The first-order valence-corrected chi connectivity index (χ1v) is 6.17. The predicted molar refractivity (Wildman–Crippen MR) is 69.5 cm³/mol. The molecule has 0 bridgehead atoms. The van der Waals surface area contributed by atoms with Crippen LogP contribution in [0.5, 0.6) is 0 Å². The molecule has 0 radical (unpaired) electrons. The Bertz CT molecular complexity index is 580. The summed E-state index contributed by atoms with van der Waals surface area (Å²) in [5.41, 5.74) is 1.02. The minimum Gasteiger partial charge on any atom is -0.355 e. The molecule has 98 valence electrons. The van der Waals surface area contributed by atoms with Crippen LogP contribution in [0.3, 0.4) is 0 Å². The molecule has 0 fully saturated rings. The Morgan fingerprint density at radius 2 is 2.32 bits per heavy atom. The summed E-state index contributed by atoms with van der Waals surface area (Å²) in [5, 5.41) is 12.2. The van der Waals surface area contributed by atoms with Gasteiger partial charge in [-0.25, -0.2) is 0 Å². The number of halogens is 1. The summed E-state index contributed by atoms with van der Waals surface area (Å²) in [5.74, 6) is -0.437. The molecule has 1 atom stereocenters. The average molecular weight is 278 g/mol. The number of nitrogens with zero attached hydrogens (tertiary/aromatic N) is 2. The van der Waals surface area contributed by atoms with E-state index in [4.69, 9.17) is 11.6 Å². The highest BCUT2D eigenvalue weighted by atomic mass is 35.5. The maximum Gasteiger partial charge on any atom is 0.257 e. The molecule has 1 unspecified atom stereocenters. The maximum atomic E-state index is 12.2. The van der Waals surface area contributed by atoms with E-state index in [1.165, 1.54) is 11.8 Å². The molecule has 0 spiro atoms. The topological polar surface area (TPSA) is 73.2 Å². The van der Waals surface area contributed by atoms with Crippen molar-refractivity contribution in [1.29, 1.82) is 5.26 Å². The van der Waals surface area contributed by atoms with Crippen molar-refractivity contribution in [1.82, 2.24) is 10.2 Å². The van der Waals surface area contributed by atoms with Gasteiger partial charge in [-0.15, -0.1) is 0 Å². The lowest BCUT2D eigenvalue weighted by Gasteiger charge is -2.19. The molecule has 6 heteroatoms. The lowest BCUT2D eigenvalue weighted by molar-refractivity contribution is -0.119. The van der Waals surface area contributed by atoms with E-state index in [1.807, 2.05) is 0 Å². The SMILES string of the molecule is CC(=O)NCCN1C(=O)c2c(Cl)cccc2C1C#N. The fraction of sp³-hybridized carbons (Fsp3) is 0.308. The van der Waals surface area contributed by atoms with Crippen molar-refractivity contribution in [2.24, 2.45) is 0 Å². The van der Waals surface area contributed by atoms with Crippen molar-refractivity contribution >= 4 is 23.4 Å². The van der Waals surface area contributed by atoms with Crippen LogP contribution in [0.15, 0.2) is 18.2 Å². The Labute approximate surface area is 115 Å². The van der Waals surface area contributed by atoms with Crippen molar-refractivity contribution in [3.05, 3.63) is 34.3 Å². The van der Waals surface area contributed by atoms with Crippen LogP contribution in [0.2, 0.25) is 5.02 Å². The van der Waals surface area contributed by atoms with Crippen molar-refractivity contribution in [2.45, 2.75) is 13.0 Å². The van der Waals surface area contributed by atoms with Gasteiger partial charge in [-0.05, 0) is 6.07 Å². The van der Waals surface area contributed by atoms with Crippen LogP contribution >= 0.6 is 11.6 Å². The van der Waals surface area contributed by atoms with Gasteiger partial charge in [0.1, 0.15) is 6.04 Å². The van der Waals surface area contributed by atoms with E-state index in [0.29, 0.717) is 22.7 Å².